The zero-order valence-corrected chi connectivity index (χ0v) is 27.0. The van der Waals surface area contributed by atoms with E-state index in [1.54, 1.807) is 0 Å². The van der Waals surface area contributed by atoms with Crippen molar-refractivity contribution >= 4 is 18.5 Å². The van der Waals surface area contributed by atoms with Gasteiger partial charge in [-0.3, -0.25) is 9.80 Å². The molecular weight excluding hydrogens is 548 g/mol. The van der Waals surface area contributed by atoms with E-state index < -0.39 is 5.60 Å². The van der Waals surface area contributed by atoms with Crippen LogP contribution in [-0.4, -0.2) is 91.0 Å². The van der Waals surface area contributed by atoms with Crippen molar-refractivity contribution in [3.63, 3.8) is 0 Å². The highest BCUT2D eigenvalue weighted by molar-refractivity contribution is 5.85. The number of nitrogens with one attached hydrogen (secondary N) is 1. The summed E-state index contributed by atoms with van der Waals surface area (Å²) in [5, 5.41) is 10.5. The second-order valence-corrected chi connectivity index (χ2v) is 13.5. The Kier molecular flexibility index (Phi) is 12.7. The third-order valence-electron chi connectivity index (χ3n) is 8.95. The minimum absolute atomic E-state index is 0. The van der Waals surface area contributed by atoms with Crippen molar-refractivity contribution in [1.82, 2.24) is 20.0 Å². The average molecular weight is 601 g/mol. The van der Waals surface area contributed by atoms with E-state index in [0.717, 1.165) is 52.8 Å². The Morgan fingerprint density at radius 2 is 1.29 bits per heavy atom. The van der Waals surface area contributed by atoms with Gasteiger partial charge in [-0.15, -0.1) is 12.4 Å². The first-order valence-electron chi connectivity index (χ1n) is 15.4. The fourth-order valence-electron chi connectivity index (χ4n) is 6.90. The lowest BCUT2D eigenvalue weighted by molar-refractivity contribution is 0.0274. The summed E-state index contributed by atoms with van der Waals surface area (Å²) in [6, 6.07) is 21.5. The Morgan fingerprint density at radius 1 is 0.786 bits per heavy atom. The van der Waals surface area contributed by atoms with Crippen molar-refractivity contribution in [2.75, 3.05) is 59.5 Å². The standard InChI is InChI=1S/C19H28N2O2.C14H20N2.CH4O.ClH/c1-18(2,3)23-17(22)21-12-10-19(15-21)9-11-20(14-19)13-16-7-5-4-6-8-16;1-2-4-13(5-3-1)10-16-9-7-14(12-16)6-8-15-11-14;1-2;/h4-8H,9-15H2,1-3H3;1-5,15H,6-12H2;2H,1H3;1H. The highest BCUT2D eigenvalue weighted by atomic mass is 35.5. The molecule has 2 aromatic rings. The summed E-state index contributed by atoms with van der Waals surface area (Å²) < 4.78 is 5.52. The van der Waals surface area contributed by atoms with Crippen LogP contribution in [0.15, 0.2) is 60.7 Å². The van der Waals surface area contributed by atoms with E-state index in [4.69, 9.17) is 9.84 Å². The maximum absolute atomic E-state index is 12.3. The number of ether oxygens (including phenoxy) is 1. The van der Waals surface area contributed by atoms with E-state index in [1.165, 1.54) is 56.6 Å². The summed E-state index contributed by atoms with van der Waals surface area (Å²) in [4.78, 5) is 19.3. The molecule has 0 bridgehead atoms. The van der Waals surface area contributed by atoms with Crippen molar-refractivity contribution in [2.45, 2.75) is 65.1 Å². The first kappa shape index (κ1) is 34.3. The van der Waals surface area contributed by atoms with Gasteiger partial charge < -0.3 is 20.1 Å². The van der Waals surface area contributed by atoms with Crippen molar-refractivity contribution in [1.29, 1.82) is 0 Å². The molecule has 2 unspecified atom stereocenters. The fourth-order valence-corrected chi connectivity index (χ4v) is 6.90. The van der Waals surface area contributed by atoms with Gasteiger partial charge in [0.1, 0.15) is 5.60 Å². The predicted octanol–water partition coefficient (Wildman–Crippen LogP) is 5.42. The molecule has 4 fully saturated rings. The highest BCUT2D eigenvalue weighted by Crippen LogP contribution is 2.40. The summed E-state index contributed by atoms with van der Waals surface area (Å²) in [5.41, 5.74) is 3.28. The topological polar surface area (TPSA) is 68.3 Å². The quantitative estimate of drug-likeness (QED) is 0.488. The Labute approximate surface area is 260 Å². The van der Waals surface area contributed by atoms with Crippen LogP contribution in [0, 0.1) is 10.8 Å². The van der Waals surface area contributed by atoms with Crippen LogP contribution in [-0.2, 0) is 17.8 Å². The number of rotatable bonds is 4. The predicted molar refractivity (Wildman–Crippen MR) is 173 cm³/mol. The van der Waals surface area contributed by atoms with Crippen LogP contribution in [0.1, 0.15) is 57.6 Å². The van der Waals surface area contributed by atoms with Crippen LogP contribution in [0.2, 0.25) is 0 Å². The van der Waals surface area contributed by atoms with Gasteiger partial charge in [0, 0.05) is 58.3 Å². The maximum Gasteiger partial charge on any atom is 0.410 e. The Bertz CT molecular complexity index is 1080. The molecule has 4 saturated heterocycles. The van der Waals surface area contributed by atoms with Crippen molar-refractivity contribution in [3.05, 3.63) is 71.8 Å². The molecule has 6 rings (SSSR count). The zero-order valence-electron chi connectivity index (χ0n) is 26.2. The minimum Gasteiger partial charge on any atom is -0.444 e. The van der Waals surface area contributed by atoms with Gasteiger partial charge in [0.15, 0.2) is 0 Å². The molecule has 0 radical (unpaired) electrons. The second kappa shape index (κ2) is 15.5. The lowest BCUT2D eigenvalue weighted by atomic mass is 9.86. The fraction of sp³-hybridized carbons (Fsp3) is 0.618. The number of nitrogens with zero attached hydrogens (tertiary/aromatic N) is 3. The lowest BCUT2D eigenvalue weighted by Gasteiger charge is -2.27. The molecule has 0 saturated carbocycles. The second-order valence-electron chi connectivity index (χ2n) is 13.5. The Balaban J connectivity index is 0.000000224. The summed E-state index contributed by atoms with van der Waals surface area (Å²) in [6.45, 7) is 16.8. The van der Waals surface area contributed by atoms with Crippen LogP contribution in [0.25, 0.3) is 0 Å². The molecule has 0 aromatic heterocycles. The highest BCUT2D eigenvalue weighted by Gasteiger charge is 2.45. The SMILES string of the molecule is CC(C)(C)OC(=O)N1CCC2(CCN(Cc3ccccc3)C2)C1.CO.Cl.c1ccc(CN2CCC3(CCNC3)C2)cc1. The molecule has 8 heteroatoms. The van der Waals surface area contributed by atoms with Gasteiger partial charge in [0.25, 0.3) is 0 Å². The molecule has 2 atom stereocenters. The number of carbonyl (C=O) groups excluding carboxylic acids is 1. The van der Waals surface area contributed by atoms with Crippen LogP contribution in [0.3, 0.4) is 0 Å². The molecular formula is C34H53ClN4O3. The smallest absolute Gasteiger partial charge is 0.410 e. The lowest BCUT2D eigenvalue weighted by Crippen LogP contribution is -2.37. The number of halogens is 1. The van der Waals surface area contributed by atoms with E-state index in [2.05, 4.69) is 75.8 Å². The van der Waals surface area contributed by atoms with Crippen LogP contribution >= 0.6 is 12.4 Å². The van der Waals surface area contributed by atoms with Crippen LogP contribution < -0.4 is 5.32 Å². The van der Waals surface area contributed by atoms with E-state index in [-0.39, 0.29) is 23.9 Å². The van der Waals surface area contributed by atoms with Gasteiger partial charge in [-0.05, 0) is 82.6 Å². The number of likely N-dealkylation sites (tertiary alicyclic amines) is 3. The largest absolute Gasteiger partial charge is 0.444 e. The third kappa shape index (κ3) is 9.68. The van der Waals surface area contributed by atoms with Gasteiger partial charge >= 0.3 is 6.09 Å². The van der Waals surface area contributed by atoms with E-state index >= 15 is 0 Å². The van der Waals surface area contributed by atoms with Gasteiger partial charge in [-0.2, -0.15) is 0 Å². The summed E-state index contributed by atoms with van der Waals surface area (Å²) in [7, 11) is 1.00. The number of aliphatic hydroxyl groups is 1. The number of benzene rings is 2. The van der Waals surface area contributed by atoms with Gasteiger partial charge in [0.05, 0.1) is 0 Å². The first-order chi connectivity index (χ1) is 19.7. The number of hydrogen-bond acceptors (Lipinski definition) is 6. The van der Waals surface area contributed by atoms with Gasteiger partial charge in [0.2, 0.25) is 0 Å². The molecule has 42 heavy (non-hydrogen) atoms. The first-order valence-corrected chi connectivity index (χ1v) is 15.4. The minimum atomic E-state index is -0.415. The number of amides is 1. The van der Waals surface area contributed by atoms with Crippen molar-refractivity contribution in [2.24, 2.45) is 10.8 Å². The summed E-state index contributed by atoms with van der Waals surface area (Å²) >= 11 is 0. The van der Waals surface area contributed by atoms with Crippen molar-refractivity contribution in [3.8, 4) is 0 Å². The molecule has 4 aliphatic heterocycles. The van der Waals surface area contributed by atoms with Gasteiger partial charge in [-0.25, -0.2) is 4.79 Å². The van der Waals surface area contributed by atoms with Crippen molar-refractivity contribution < 1.29 is 14.6 Å². The Hall–Kier alpha value is -2.16. The number of carbonyl (C=O) groups is 1. The molecule has 2 N–H and O–H groups in total. The summed E-state index contributed by atoms with van der Waals surface area (Å²) in [5.74, 6) is 0. The van der Waals surface area contributed by atoms with Crippen LogP contribution in [0.5, 0.6) is 0 Å². The number of hydrogen-bond donors (Lipinski definition) is 2. The summed E-state index contributed by atoms with van der Waals surface area (Å²) in [6.07, 6.45) is 4.87. The van der Waals surface area contributed by atoms with E-state index in [9.17, 15) is 4.79 Å². The molecule has 2 aromatic carbocycles. The van der Waals surface area contributed by atoms with Crippen LogP contribution in [0.4, 0.5) is 4.79 Å². The molecule has 4 heterocycles. The molecule has 0 aliphatic carbocycles. The molecule has 1 amide bonds. The van der Waals surface area contributed by atoms with E-state index in [1.807, 2.05) is 25.7 Å². The maximum atomic E-state index is 12.3. The third-order valence-corrected chi connectivity index (χ3v) is 8.95. The molecule has 4 aliphatic rings. The van der Waals surface area contributed by atoms with Gasteiger partial charge in [-0.1, -0.05) is 60.7 Å². The van der Waals surface area contributed by atoms with E-state index in [0.29, 0.717) is 5.41 Å². The average Bonchev–Trinajstić information content (AvgIpc) is 3.77. The normalized spacial score (nSPS) is 25.5. The zero-order chi connectivity index (χ0) is 29.3. The molecule has 234 valence electrons. The molecule has 7 nitrogen and oxygen atoms in total. The Morgan fingerprint density at radius 3 is 1.79 bits per heavy atom. The monoisotopic (exact) mass is 600 g/mol. The number of aliphatic hydroxyl groups excluding tert-OH is 1. The molecule has 2 spiro atoms.